The molecule has 0 saturated carbocycles. The van der Waals surface area contributed by atoms with E-state index in [1.807, 2.05) is 0 Å². The van der Waals surface area contributed by atoms with Crippen LogP contribution in [0.3, 0.4) is 0 Å². The predicted octanol–water partition coefficient (Wildman–Crippen LogP) is 1.68. The smallest absolute Gasteiger partial charge is 0.226 e. The second-order valence-corrected chi connectivity index (χ2v) is 6.81. The van der Waals surface area contributed by atoms with Gasteiger partial charge in [-0.15, -0.1) is 0 Å². The molecule has 1 aliphatic carbocycles. The maximum atomic E-state index is 13.1. The van der Waals surface area contributed by atoms with E-state index in [-0.39, 0.29) is 5.92 Å². The van der Waals surface area contributed by atoms with Gasteiger partial charge in [0, 0.05) is 51.4 Å². The van der Waals surface area contributed by atoms with Gasteiger partial charge in [-0.3, -0.25) is 9.69 Å². The Hall–Kier alpha value is -0.910. The summed E-state index contributed by atoms with van der Waals surface area (Å²) in [5, 5.41) is 0. The lowest BCUT2D eigenvalue weighted by atomic mass is 9.92. The fraction of sp³-hybridized carbons (Fsp3) is 0.833. The summed E-state index contributed by atoms with van der Waals surface area (Å²) in [5.74, 6) is 0.557. The number of allylic oxidation sites excluding steroid dienone is 2. The number of carbonyl (C=O) groups is 1. The average Bonchev–Trinajstić information content (AvgIpc) is 2.64. The van der Waals surface area contributed by atoms with Gasteiger partial charge >= 0.3 is 0 Å². The third-order valence-electron chi connectivity index (χ3n) is 5.29. The molecule has 5 heteroatoms. The van der Waals surface area contributed by atoms with E-state index in [0.717, 1.165) is 84.7 Å². The zero-order valence-corrected chi connectivity index (χ0v) is 14.1. The van der Waals surface area contributed by atoms with Crippen molar-refractivity contribution in [3.05, 3.63) is 12.2 Å². The Kier molecular flexibility index (Phi) is 6.48. The molecule has 3 rings (SSSR count). The summed E-state index contributed by atoms with van der Waals surface area (Å²) in [7, 11) is 0. The molecule has 2 fully saturated rings. The zero-order chi connectivity index (χ0) is 15.9. The van der Waals surface area contributed by atoms with E-state index in [1.165, 1.54) is 0 Å². The number of nitrogens with zero attached hydrogens (tertiary/aromatic N) is 2. The zero-order valence-electron chi connectivity index (χ0n) is 14.1. The van der Waals surface area contributed by atoms with Crippen LogP contribution in [0.25, 0.3) is 0 Å². The first kappa shape index (κ1) is 16.9. The SMILES string of the molecule is O=C(C1CC=CCC1)N(CCN1CCOCC1)C1CCOCC1. The van der Waals surface area contributed by atoms with Gasteiger partial charge in [0.15, 0.2) is 0 Å². The molecule has 130 valence electrons. The summed E-state index contributed by atoms with van der Waals surface area (Å²) in [6.07, 6.45) is 9.31. The summed E-state index contributed by atoms with van der Waals surface area (Å²) >= 11 is 0. The van der Waals surface area contributed by atoms with E-state index in [4.69, 9.17) is 9.47 Å². The van der Waals surface area contributed by atoms with Crippen molar-refractivity contribution >= 4 is 5.91 Å². The molecular formula is C18H30N2O3. The minimum Gasteiger partial charge on any atom is -0.381 e. The van der Waals surface area contributed by atoms with Crippen LogP contribution < -0.4 is 0 Å². The Bertz CT molecular complexity index is 401. The molecule has 1 atom stereocenters. The third kappa shape index (κ3) is 4.78. The average molecular weight is 322 g/mol. The highest BCUT2D eigenvalue weighted by molar-refractivity contribution is 5.79. The number of hydrogen-bond donors (Lipinski definition) is 0. The second-order valence-electron chi connectivity index (χ2n) is 6.81. The first-order chi connectivity index (χ1) is 11.3. The van der Waals surface area contributed by atoms with Gasteiger partial charge < -0.3 is 14.4 Å². The Morgan fingerprint density at radius 2 is 1.78 bits per heavy atom. The topological polar surface area (TPSA) is 42.0 Å². The molecule has 0 aromatic heterocycles. The van der Waals surface area contributed by atoms with Crippen LogP contribution in [0.5, 0.6) is 0 Å². The van der Waals surface area contributed by atoms with Crippen LogP contribution in [0.15, 0.2) is 12.2 Å². The molecule has 0 spiro atoms. The number of ether oxygens (including phenoxy) is 2. The lowest BCUT2D eigenvalue weighted by molar-refractivity contribution is -0.140. The van der Waals surface area contributed by atoms with Crippen LogP contribution in [-0.2, 0) is 14.3 Å². The molecule has 0 N–H and O–H groups in total. The van der Waals surface area contributed by atoms with Gasteiger partial charge in [-0.1, -0.05) is 12.2 Å². The lowest BCUT2D eigenvalue weighted by Gasteiger charge is -2.38. The molecule has 1 unspecified atom stereocenters. The van der Waals surface area contributed by atoms with Crippen LogP contribution >= 0.6 is 0 Å². The van der Waals surface area contributed by atoms with E-state index in [9.17, 15) is 4.79 Å². The maximum Gasteiger partial charge on any atom is 0.226 e. The van der Waals surface area contributed by atoms with Gasteiger partial charge in [-0.05, 0) is 32.1 Å². The van der Waals surface area contributed by atoms with Gasteiger partial charge in [0.25, 0.3) is 0 Å². The lowest BCUT2D eigenvalue weighted by Crippen LogP contribution is -2.50. The minimum absolute atomic E-state index is 0.188. The van der Waals surface area contributed by atoms with Crippen molar-refractivity contribution in [2.45, 2.75) is 38.1 Å². The minimum atomic E-state index is 0.188. The van der Waals surface area contributed by atoms with Crippen LogP contribution in [0.4, 0.5) is 0 Å². The fourth-order valence-corrected chi connectivity index (χ4v) is 3.80. The second kappa shape index (κ2) is 8.81. The summed E-state index contributed by atoms with van der Waals surface area (Å²) in [6.45, 7) is 7.01. The molecule has 0 aromatic rings. The van der Waals surface area contributed by atoms with E-state index in [0.29, 0.717) is 11.9 Å². The Labute approximate surface area is 139 Å². The van der Waals surface area contributed by atoms with E-state index < -0.39 is 0 Å². The molecule has 0 radical (unpaired) electrons. The van der Waals surface area contributed by atoms with Crippen molar-refractivity contribution in [2.75, 3.05) is 52.6 Å². The maximum absolute atomic E-state index is 13.1. The highest BCUT2D eigenvalue weighted by Gasteiger charge is 2.31. The molecule has 1 amide bonds. The fourth-order valence-electron chi connectivity index (χ4n) is 3.80. The summed E-state index contributed by atoms with van der Waals surface area (Å²) in [6, 6.07) is 0.364. The largest absolute Gasteiger partial charge is 0.381 e. The molecule has 2 heterocycles. The van der Waals surface area contributed by atoms with E-state index >= 15 is 0 Å². The van der Waals surface area contributed by atoms with Crippen molar-refractivity contribution in [1.29, 1.82) is 0 Å². The van der Waals surface area contributed by atoms with Crippen molar-refractivity contribution in [3.8, 4) is 0 Å². The quantitative estimate of drug-likeness (QED) is 0.722. The van der Waals surface area contributed by atoms with Crippen molar-refractivity contribution in [1.82, 2.24) is 9.80 Å². The molecule has 3 aliphatic rings. The van der Waals surface area contributed by atoms with Gasteiger partial charge in [-0.2, -0.15) is 0 Å². The molecule has 23 heavy (non-hydrogen) atoms. The molecule has 0 bridgehead atoms. The number of amides is 1. The number of carbonyl (C=O) groups excluding carboxylic acids is 1. The highest BCUT2D eigenvalue weighted by atomic mass is 16.5. The summed E-state index contributed by atoms with van der Waals surface area (Å²) < 4.78 is 10.9. The Balaban J connectivity index is 1.60. The van der Waals surface area contributed by atoms with E-state index in [2.05, 4.69) is 22.0 Å². The van der Waals surface area contributed by atoms with Crippen molar-refractivity contribution in [2.24, 2.45) is 5.92 Å². The van der Waals surface area contributed by atoms with Gasteiger partial charge in [0.05, 0.1) is 13.2 Å². The first-order valence-corrected chi connectivity index (χ1v) is 9.18. The molecule has 5 nitrogen and oxygen atoms in total. The Morgan fingerprint density at radius 1 is 1.04 bits per heavy atom. The van der Waals surface area contributed by atoms with Gasteiger partial charge in [0.2, 0.25) is 5.91 Å². The van der Waals surface area contributed by atoms with Crippen LogP contribution in [0, 0.1) is 5.92 Å². The van der Waals surface area contributed by atoms with Crippen LogP contribution in [0.2, 0.25) is 0 Å². The highest BCUT2D eigenvalue weighted by Crippen LogP contribution is 2.24. The monoisotopic (exact) mass is 322 g/mol. The van der Waals surface area contributed by atoms with Gasteiger partial charge in [0.1, 0.15) is 0 Å². The first-order valence-electron chi connectivity index (χ1n) is 9.18. The molecule has 2 aliphatic heterocycles. The third-order valence-corrected chi connectivity index (χ3v) is 5.29. The summed E-state index contributed by atoms with van der Waals surface area (Å²) in [4.78, 5) is 17.7. The standard InChI is InChI=1S/C18H30N2O3/c21-18(16-4-2-1-3-5-16)20(17-6-12-22-13-7-17)9-8-19-10-14-23-15-11-19/h1-2,16-17H,3-15H2. The number of rotatable bonds is 5. The van der Waals surface area contributed by atoms with Crippen LogP contribution in [-0.4, -0.2) is 74.4 Å². The van der Waals surface area contributed by atoms with E-state index in [1.54, 1.807) is 0 Å². The Morgan fingerprint density at radius 3 is 2.48 bits per heavy atom. The predicted molar refractivity (Wildman–Crippen MR) is 89.3 cm³/mol. The molecule has 0 aromatic carbocycles. The summed E-state index contributed by atoms with van der Waals surface area (Å²) in [5.41, 5.74) is 0. The van der Waals surface area contributed by atoms with Gasteiger partial charge in [-0.25, -0.2) is 0 Å². The molecule has 2 saturated heterocycles. The normalized spacial score (nSPS) is 27.0. The van der Waals surface area contributed by atoms with Crippen molar-refractivity contribution < 1.29 is 14.3 Å². The van der Waals surface area contributed by atoms with Crippen LogP contribution in [0.1, 0.15) is 32.1 Å². The van der Waals surface area contributed by atoms with Crippen molar-refractivity contribution in [3.63, 3.8) is 0 Å². The molecular weight excluding hydrogens is 292 g/mol. The number of hydrogen-bond acceptors (Lipinski definition) is 4. The number of morpholine rings is 1.